The van der Waals surface area contributed by atoms with Crippen molar-refractivity contribution in [2.45, 2.75) is 182 Å². The molecular weight excluding hydrogens is 1300 g/mol. The maximum Gasteiger partial charge on any atom is 0.220 e. The molecule has 0 unspecified atom stereocenters. The first-order valence-electron chi connectivity index (χ1n) is 39.7. The number of hydrogen-bond acceptors (Lipinski definition) is 17. The average molecular weight is 1430 g/mol. The summed E-state index contributed by atoms with van der Waals surface area (Å²) in [5.41, 5.74) is 4.43. The van der Waals surface area contributed by atoms with Gasteiger partial charge in [-0.1, -0.05) is 95.0 Å². The summed E-state index contributed by atoms with van der Waals surface area (Å²) >= 11 is 0. The number of ketones is 2. The standard InChI is InChI=1S/C82H128N12O9/c1-60(2)15-10-16-61(3)69-24-25-70-67-23-22-64-57-65(32-34-81(64,4)71(67)33-35-82(69,70)5)84-41-40-83-36-11-42-90-47-49-92(50-48-90)44-13-38-86-79(100)30-31-80(101)87-39-14-45-93-53-51-91(52-54-93)43-12-37-85-78(99)17-8-9-46-94-59-66(88-89-94)58-68(72(95)26-18-62-20-28-74(97)76(55-62)102-6)73(96)27-19-63-21-29-75(98)77(56-63)103-7/h18-22,26-29,55-56,59-61,65,67-71,83-84,97-98H,8-17,23-25,30-54,57-58H2,1-7H3,(H,85,99)(H,86,100)(H,87,101)/b26-18+,27-19+/t61-,65+,67+,69-,70+,71+,81+,82-/m1/s1. The zero-order valence-electron chi connectivity index (χ0n) is 63.7. The molecule has 103 heavy (non-hydrogen) atoms. The molecule has 2 aromatic carbocycles. The number of allylic oxidation sites excluding steroid dienone is 3. The van der Waals surface area contributed by atoms with Gasteiger partial charge in [-0.3, -0.25) is 28.7 Å². The number of benzene rings is 2. The van der Waals surface area contributed by atoms with Gasteiger partial charge < -0.3 is 65.9 Å². The molecule has 570 valence electrons. The normalized spacial score (nSPS) is 23.7. The van der Waals surface area contributed by atoms with Crippen LogP contribution in [0.3, 0.4) is 0 Å². The van der Waals surface area contributed by atoms with Crippen LogP contribution in [0.4, 0.5) is 0 Å². The molecule has 21 nitrogen and oxygen atoms in total. The molecule has 1 aromatic heterocycles. The Balaban J connectivity index is 0.532. The number of carbonyl (C=O) groups is 5. The number of phenolic OH excluding ortho intramolecular Hbond substituents is 2. The summed E-state index contributed by atoms with van der Waals surface area (Å²) in [6.07, 6.45) is 31.5. The van der Waals surface area contributed by atoms with E-state index in [1.165, 1.54) is 116 Å². The van der Waals surface area contributed by atoms with Gasteiger partial charge in [-0.2, -0.15) is 0 Å². The van der Waals surface area contributed by atoms with Crippen LogP contribution in [0.2, 0.25) is 0 Å². The number of aromatic hydroxyl groups is 2. The number of ether oxygens (including phenoxy) is 2. The lowest BCUT2D eigenvalue weighted by Crippen LogP contribution is -2.52. The van der Waals surface area contributed by atoms with Crippen molar-refractivity contribution in [2.24, 2.45) is 52.3 Å². The minimum absolute atomic E-state index is 0.00417. The van der Waals surface area contributed by atoms with Gasteiger partial charge >= 0.3 is 0 Å². The number of fused-ring (bicyclic) bond motifs is 5. The summed E-state index contributed by atoms with van der Waals surface area (Å²) in [4.78, 5) is 75.2. The zero-order valence-corrected chi connectivity index (χ0v) is 63.7. The smallest absolute Gasteiger partial charge is 0.220 e. The first-order chi connectivity index (χ1) is 49.8. The van der Waals surface area contributed by atoms with Gasteiger partial charge in [0.15, 0.2) is 34.6 Å². The van der Waals surface area contributed by atoms with Gasteiger partial charge in [0.05, 0.1) is 25.8 Å². The largest absolute Gasteiger partial charge is 0.504 e. The Morgan fingerprint density at radius 1 is 0.602 bits per heavy atom. The van der Waals surface area contributed by atoms with Crippen LogP contribution in [0.15, 0.2) is 66.4 Å². The van der Waals surface area contributed by atoms with E-state index in [0.29, 0.717) is 79.1 Å². The molecule has 21 heteroatoms. The first-order valence-corrected chi connectivity index (χ1v) is 39.7. The molecule has 3 saturated carbocycles. The Kier molecular flexibility index (Phi) is 32.0. The topological polar surface area (TPSA) is 248 Å². The maximum absolute atomic E-state index is 13.6. The highest BCUT2D eigenvalue weighted by Crippen LogP contribution is 2.67. The predicted octanol–water partition coefficient (Wildman–Crippen LogP) is 10.1. The van der Waals surface area contributed by atoms with Crippen LogP contribution in [-0.2, 0) is 36.9 Å². The maximum atomic E-state index is 13.6. The molecule has 5 fully saturated rings. The molecule has 8 atom stereocenters. The summed E-state index contributed by atoms with van der Waals surface area (Å²) in [5.74, 6) is 3.65. The van der Waals surface area contributed by atoms with E-state index in [4.69, 9.17) is 9.47 Å². The van der Waals surface area contributed by atoms with Crippen LogP contribution in [-0.4, -0.2) is 212 Å². The van der Waals surface area contributed by atoms with Crippen molar-refractivity contribution in [1.82, 2.24) is 61.2 Å². The number of amides is 3. The molecule has 3 amide bonds. The number of piperazine rings is 2. The van der Waals surface area contributed by atoms with Crippen LogP contribution < -0.4 is 36.1 Å². The van der Waals surface area contributed by atoms with Gasteiger partial charge in [-0.25, -0.2) is 0 Å². The number of rotatable bonds is 43. The molecule has 0 bridgehead atoms. The van der Waals surface area contributed by atoms with Crippen molar-refractivity contribution >= 4 is 41.4 Å². The summed E-state index contributed by atoms with van der Waals surface area (Å²) in [5, 5.41) is 45.3. The third-order valence-electron chi connectivity index (χ3n) is 24.3. The quantitative estimate of drug-likeness (QED) is 0.0120. The first kappa shape index (κ1) is 80.6. The van der Waals surface area contributed by atoms with Gasteiger partial charge in [0.1, 0.15) is 0 Å². The van der Waals surface area contributed by atoms with E-state index >= 15 is 0 Å². The molecule has 9 rings (SSSR count). The Morgan fingerprint density at radius 2 is 1.15 bits per heavy atom. The number of methoxy groups -OCH3 is 2. The van der Waals surface area contributed by atoms with E-state index in [2.05, 4.69) is 97.2 Å². The van der Waals surface area contributed by atoms with Gasteiger partial charge in [0.2, 0.25) is 17.7 Å². The third-order valence-corrected chi connectivity index (χ3v) is 24.3. The minimum atomic E-state index is -1.11. The van der Waals surface area contributed by atoms with Crippen molar-refractivity contribution < 1.29 is 43.7 Å². The highest BCUT2D eigenvalue weighted by atomic mass is 16.5. The molecule has 7 N–H and O–H groups in total. The predicted molar refractivity (Wildman–Crippen MR) is 409 cm³/mol. The lowest BCUT2D eigenvalue weighted by molar-refractivity contribution is -0.127. The number of aromatic nitrogens is 3. The lowest BCUT2D eigenvalue weighted by atomic mass is 9.47. The molecule has 3 heterocycles. The van der Waals surface area contributed by atoms with E-state index in [1.54, 1.807) is 52.9 Å². The molecule has 3 aromatic rings. The highest BCUT2D eigenvalue weighted by Gasteiger charge is 2.59. The number of aryl methyl sites for hydroxylation is 1. The van der Waals surface area contributed by atoms with Crippen molar-refractivity contribution in [1.29, 1.82) is 0 Å². The van der Waals surface area contributed by atoms with Crippen molar-refractivity contribution in [3.63, 3.8) is 0 Å². The number of carbonyl (C=O) groups excluding carboxylic acids is 5. The zero-order chi connectivity index (χ0) is 73.1. The second-order valence-corrected chi connectivity index (χ2v) is 31.8. The summed E-state index contributed by atoms with van der Waals surface area (Å²) in [6.45, 7) is 30.4. The van der Waals surface area contributed by atoms with Crippen molar-refractivity contribution in [3.05, 3.63) is 83.2 Å². The van der Waals surface area contributed by atoms with Crippen LogP contribution in [0.5, 0.6) is 23.0 Å². The molecular formula is C82H128N12O9. The summed E-state index contributed by atoms with van der Waals surface area (Å²) in [6, 6.07) is 9.96. The minimum Gasteiger partial charge on any atom is -0.504 e. The number of nitrogens with one attached hydrogen (secondary N) is 5. The molecule has 6 aliphatic rings. The monoisotopic (exact) mass is 1420 g/mol. The van der Waals surface area contributed by atoms with Crippen molar-refractivity contribution in [2.75, 3.05) is 132 Å². The molecule has 0 spiro atoms. The SMILES string of the molecule is COc1cc(/C=C/C(=O)C(Cc2cn(CCCCC(=O)NCCCN3CCN(CCCNC(=O)CCC(=O)NCCCN4CCN(CCCNCCN[C@H]5CC[C@@]6(C)C(=CC[C@H]7[C@@H]8CC[C@H]([C@H](C)CCCC(C)C)[C@@]8(C)CC[C@@H]76)C5)CC4)CC3)nn2)C(=O)/C=C/c2ccc(O)c(OC)c2)ccc1O. The fourth-order valence-electron chi connectivity index (χ4n) is 18.2. The van der Waals surface area contributed by atoms with Crippen LogP contribution in [0, 0.1) is 52.3 Å². The fourth-order valence-corrected chi connectivity index (χ4v) is 18.2. The van der Waals surface area contributed by atoms with Crippen molar-refractivity contribution in [3.8, 4) is 23.0 Å². The Bertz CT molecular complexity index is 3190. The summed E-state index contributed by atoms with van der Waals surface area (Å²) in [7, 11) is 2.86. The second-order valence-electron chi connectivity index (χ2n) is 31.8. The molecule has 2 aliphatic heterocycles. The average Bonchev–Trinajstić information content (AvgIpc) is 1.65. The summed E-state index contributed by atoms with van der Waals surface area (Å²) < 4.78 is 12.0. The Hall–Kier alpha value is -6.49. The van der Waals surface area contributed by atoms with Gasteiger partial charge in [-0.05, 0) is 216 Å². The van der Waals surface area contributed by atoms with Crippen LogP contribution in [0.25, 0.3) is 12.2 Å². The van der Waals surface area contributed by atoms with E-state index in [0.717, 1.165) is 153 Å². The van der Waals surface area contributed by atoms with E-state index < -0.39 is 17.5 Å². The van der Waals surface area contributed by atoms with Crippen LogP contribution in [0.1, 0.15) is 180 Å². The number of unbranched alkanes of at least 4 members (excludes halogenated alkanes) is 1. The van der Waals surface area contributed by atoms with Crippen LogP contribution >= 0.6 is 0 Å². The highest BCUT2D eigenvalue weighted by molar-refractivity contribution is 6.13. The Morgan fingerprint density at radius 3 is 1.69 bits per heavy atom. The molecule has 4 aliphatic carbocycles. The number of nitrogens with zero attached hydrogens (tertiary/aromatic N) is 7. The van der Waals surface area contributed by atoms with E-state index in [1.807, 2.05) is 0 Å². The van der Waals surface area contributed by atoms with Gasteiger partial charge in [-0.15, -0.1) is 5.10 Å². The van der Waals surface area contributed by atoms with E-state index in [9.17, 15) is 34.2 Å². The second kappa shape index (κ2) is 40.9. The molecule has 0 radical (unpaired) electrons. The number of hydrogen-bond donors (Lipinski definition) is 7. The van der Waals surface area contributed by atoms with E-state index in [-0.39, 0.29) is 60.0 Å². The van der Waals surface area contributed by atoms with Gasteiger partial charge in [0, 0.05) is 130 Å². The van der Waals surface area contributed by atoms with Gasteiger partial charge in [0.25, 0.3) is 0 Å². The lowest BCUT2D eigenvalue weighted by Gasteiger charge is -2.58. The molecule has 2 saturated heterocycles. The fraction of sp³-hybridized carbons (Fsp3) is 0.695. The number of phenols is 2. The third kappa shape index (κ3) is 24.3. The Labute approximate surface area is 615 Å².